The zero-order valence-corrected chi connectivity index (χ0v) is 11.4. The van der Waals surface area contributed by atoms with Crippen molar-refractivity contribution in [1.29, 1.82) is 0 Å². The van der Waals surface area contributed by atoms with Crippen LogP contribution in [0.5, 0.6) is 0 Å². The van der Waals surface area contributed by atoms with Gasteiger partial charge in [0.05, 0.1) is 6.42 Å². The highest BCUT2D eigenvalue weighted by atomic mass is 16.4. The maximum atomic E-state index is 10.8. The molecule has 0 spiro atoms. The molecule has 0 saturated carbocycles. The Bertz CT molecular complexity index is 200. The quantitative estimate of drug-likeness (QED) is 0.695. The number of hydrogen-bond donors (Lipinski definition) is 1. The Kier molecular flexibility index (Phi) is 7.39. The maximum Gasteiger partial charge on any atom is 0.304 e. The summed E-state index contributed by atoms with van der Waals surface area (Å²) in [6.07, 6.45) is 2.42. The Morgan fingerprint density at radius 1 is 1.19 bits per heavy atom. The van der Waals surface area contributed by atoms with Crippen molar-refractivity contribution in [3.63, 3.8) is 0 Å². The number of carboxylic acids is 1. The van der Waals surface area contributed by atoms with Gasteiger partial charge in [-0.2, -0.15) is 0 Å². The van der Waals surface area contributed by atoms with Gasteiger partial charge in [-0.25, -0.2) is 0 Å². The van der Waals surface area contributed by atoms with E-state index >= 15 is 0 Å². The maximum absolute atomic E-state index is 10.8. The normalized spacial score (nSPS) is 13.8. The fraction of sp³-hybridized carbons (Fsp3) is 0.923. The second kappa shape index (κ2) is 7.66. The van der Waals surface area contributed by atoms with Gasteiger partial charge in [-0.05, 0) is 25.7 Å². The molecule has 0 aliphatic rings. The first-order valence-electron chi connectivity index (χ1n) is 6.39. The van der Waals surface area contributed by atoms with Gasteiger partial charge < -0.3 is 5.11 Å². The van der Waals surface area contributed by atoms with Gasteiger partial charge in [-0.1, -0.05) is 27.7 Å². The van der Waals surface area contributed by atoms with Gasteiger partial charge in [-0.15, -0.1) is 0 Å². The molecular formula is C13H27NO2. The summed E-state index contributed by atoms with van der Waals surface area (Å²) in [5.74, 6) is -0.121. The number of nitrogens with zero attached hydrogens (tertiary/aromatic N) is 1. The molecule has 0 fully saturated rings. The second-order valence-electron chi connectivity index (χ2n) is 5.01. The summed E-state index contributed by atoms with van der Waals surface area (Å²) in [6, 6.07) is 0.640. The van der Waals surface area contributed by atoms with E-state index in [0.717, 1.165) is 19.4 Å². The van der Waals surface area contributed by atoms with Gasteiger partial charge in [0, 0.05) is 18.6 Å². The molecule has 0 bridgehead atoms. The number of aliphatic carboxylic acids is 1. The number of hydrogen-bond acceptors (Lipinski definition) is 2. The topological polar surface area (TPSA) is 40.5 Å². The molecule has 0 aromatic carbocycles. The molecule has 3 heteroatoms. The average Bonchev–Trinajstić information content (AvgIpc) is 2.16. The summed E-state index contributed by atoms with van der Waals surface area (Å²) in [6.45, 7) is 11.7. The van der Waals surface area contributed by atoms with Crippen molar-refractivity contribution >= 4 is 5.97 Å². The molecule has 96 valence electrons. The SMILES string of the molecule is CCC(CC)N(CC(C)C)C(C)CC(=O)O. The van der Waals surface area contributed by atoms with Crippen LogP contribution in [-0.4, -0.2) is 34.6 Å². The Balaban J connectivity index is 4.56. The molecule has 0 rings (SSSR count). The standard InChI is InChI=1S/C13H27NO2/c1-6-12(7-2)14(9-10(3)4)11(5)8-13(15)16/h10-12H,6-9H2,1-5H3,(H,15,16). The van der Waals surface area contributed by atoms with Crippen LogP contribution in [0.1, 0.15) is 53.9 Å². The van der Waals surface area contributed by atoms with Crippen molar-refractivity contribution in [3.8, 4) is 0 Å². The lowest BCUT2D eigenvalue weighted by Gasteiger charge is -2.36. The molecule has 0 aromatic rings. The molecule has 0 radical (unpaired) electrons. The fourth-order valence-corrected chi connectivity index (χ4v) is 2.24. The van der Waals surface area contributed by atoms with Crippen LogP contribution >= 0.6 is 0 Å². The van der Waals surface area contributed by atoms with Gasteiger partial charge in [0.1, 0.15) is 0 Å². The largest absolute Gasteiger partial charge is 0.481 e. The minimum absolute atomic E-state index is 0.129. The van der Waals surface area contributed by atoms with Gasteiger partial charge >= 0.3 is 5.97 Å². The molecule has 0 heterocycles. The number of rotatable bonds is 8. The van der Waals surface area contributed by atoms with Crippen LogP contribution in [0.25, 0.3) is 0 Å². The van der Waals surface area contributed by atoms with Crippen LogP contribution in [0.4, 0.5) is 0 Å². The van der Waals surface area contributed by atoms with E-state index < -0.39 is 5.97 Å². The van der Waals surface area contributed by atoms with Gasteiger partial charge in [-0.3, -0.25) is 9.69 Å². The first-order chi connectivity index (χ1) is 7.42. The predicted octanol–water partition coefficient (Wildman–Crippen LogP) is 3.00. The number of carboxylic acid groups (broad SMARTS) is 1. The minimum atomic E-state index is -0.702. The molecule has 0 aliphatic carbocycles. The molecule has 0 saturated heterocycles. The highest BCUT2D eigenvalue weighted by molar-refractivity contribution is 5.67. The van der Waals surface area contributed by atoms with Crippen molar-refractivity contribution in [2.24, 2.45) is 5.92 Å². The van der Waals surface area contributed by atoms with E-state index in [9.17, 15) is 4.79 Å². The van der Waals surface area contributed by atoms with E-state index in [-0.39, 0.29) is 12.5 Å². The average molecular weight is 229 g/mol. The van der Waals surface area contributed by atoms with E-state index in [1.165, 1.54) is 0 Å². The van der Waals surface area contributed by atoms with Crippen LogP contribution in [0.15, 0.2) is 0 Å². The van der Waals surface area contributed by atoms with Crippen LogP contribution in [0.2, 0.25) is 0 Å². The van der Waals surface area contributed by atoms with Gasteiger partial charge in [0.25, 0.3) is 0 Å². The minimum Gasteiger partial charge on any atom is -0.481 e. The third-order valence-electron chi connectivity index (χ3n) is 3.02. The molecule has 0 aliphatic heterocycles. The summed E-state index contributed by atoms with van der Waals surface area (Å²) < 4.78 is 0. The zero-order valence-electron chi connectivity index (χ0n) is 11.4. The molecule has 0 aromatic heterocycles. The van der Waals surface area contributed by atoms with Crippen LogP contribution in [0.3, 0.4) is 0 Å². The molecule has 0 amide bonds. The first-order valence-corrected chi connectivity index (χ1v) is 6.39. The summed E-state index contributed by atoms with van der Waals surface area (Å²) in [5.41, 5.74) is 0. The van der Waals surface area contributed by atoms with E-state index in [0.29, 0.717) is 12.0 Å². The van der Waals surface area contributed by atoms with Crippen molar-refractivity contribution in [2.75, 3.05) is 6.54 Å². The smallest absolute Gasteiger partial charge is 0.304 e. The molecule has 1 unspecified atom stereocenters. The van der Waals surface area contributed by atoms with Crippen molar-refractivity contribution in [2.45, 2.75) is 66.0 Å². The fourth-order valence-electron chi connectivity index (χ4n) is 2.24. The monoisotopic (exact) mass is 229 g/mol. The number of carbonyl (C=O) groups is 1. The van der Waals surface area contributed by atoms with E-state index in [1.807, 2.05) is 6.92 Å². The molecule has 1 atom stereocenters. The predicted molar refractivity (Wildman–Crippen MR) is 67.6 cm³/mol. The summed E-state index contributed by atoms with van der Waals surface area (Å²) in [5, 5.41) is 8.87. The van der Waals surface area contributed by atoms with E-state index in [2.05, 4.69) is 32.6 Å². The van der Waals surface area contributed by atoms with Crippen LogP contribution < -0.4 is 0 Å². The highest BCUT2D eigenvalue weighted by Gasteiger charge is 2.23. The third kappa shape index (κ3) is 5.50. The van der Waals surface area contributed by atoms with Crippen LogP contribution in [0, 0.1) is 5.92 Å². The Hall–Kier alpha value is -0.570. The zero-order chi connectivity index (χ0) is 12.7. The van der Waals surface area contributed by atoms with Crippen molar-refractivity contribution < 1.29 is 9.90 Å². The highest BCUT2D eigenvalue weighted by Crippen LogP contribution is 2.17. The Morgan fingerprint density at radius 2 is 1.69 bits per heavy atom. The molecule has 16 heavy (non-hydrogen) atoms. The van der Waals surface area contributed by atoms with Crippen molar-refractivity contribution in [3.05, 3.63) is 0 Å². The van der Waals surface area contributed by atoms with Crippen molar-refractivity contribution in [1.82, 2.24) is 4.90 Å². The Labute approximate surface area is 99.8 Å². The molecular weight excluding hydrogens is 202 g/mol. The summed E-state index contributed by atoms with van der Waals surface area (Å²) in [7, 11) is 0. The lowest BCUT2D eigenvalue weighted by molar-refractivity contribution is -0.138. The van der Waals surface area contributed by atoms with E-state index in [4.69, 9.17) is 5.11 Å². The van der Waals surface area contributed by atoms with E-state index in [1.54, 1.807) is 0 Å². The molecule has 3 nitrogen and oxygen atoms in total. The van der Waals surface area contributed by atoms with Gasteiger partial charge in [0.15, 0.2) is 0 Å². The lowest BCUT2D eigenvalue weighted by atomic mass is 10.0. The third-order valence-corrected chi connectivity index (χ3v) is 3.02. The Morgan fingerprint density at radius 3 is 2.00 bits per heavy atom. The second-order valence-corrected chi connectivity index (χ2v) is 5.01. The first kappa shape index (κ1) is 15.4. The van der Waals surface area contributed by atoms with Crippen LogP contribution in [-0.2, 0) is 4.79 Å². The summed E-state index contributed by atoms with van der Waals surface area (Å²) >= 11 is 0. The lowest BCUT2D eigenvalue weighted by Crippen LogP contribution is -2.44. The van der Waals surface area contributed by atoms with Gasteiger partial charge in [0.2, 0.25) is 0 Å². The molecule has 1 N–H and O–H groups in total. The summed E-state index contributed by atoms with van der Waals surface area (Å²) in [4.78, 5) is 13.1.